The molecule has 1 aromatic carbocycles. The molecule has 4 heteroatoms. The summed E-state index contributed by atoms with van der Waals surface area (Å²) in [5, 5.41) is 0. The molecule has 1 heterocycles. The zero-order chi connectivity index (χ0) is 15.5. The van der Waals surface area contributed by atoms with Gasteiger partial charge in [0.2, 0.25) is 0 Å². The van der Waals surface area contributed by atoms with Gasteiger partial charge in [-0.15, -0.1) is 0 Å². The largest absolute Gasteiger partial charge is 0.493 e. The van der Waals surface area contributed by atoms with Crippen molar-refractivity contribution in [2.24, 2.45) is 11.7 Å². The van der Waals surface area contributed by atoms with E-state index in [1.165, 1.54) is 24.0 Å². The molecular formula is C18H26N2O2. The third-order valence-corrected chi connectivity index (χ3v) is 5.10. The second-order valence-corrected chi connectivity index (χ2v) is 6.74. The van der Waals surface area contributed by atoms with Crippen molar-refractivity contribution in [1.82, 2.24) is 4.90 Å². The summed E-state index contributed by atoms with van der Waals surface area (Å²) in [6.07, 6.45) is 6.42. The van der Waals surface area contributed by atoms with Crippen LogP contribution in [0.5, 0.6) is 5.75 Å². The minimum Gasteiger partial charge on any atom is -0.493 e. The zero-order valence-corrected chi connectivity index (χ0v) is 13.4. The molecule has 1 aliphatic carbocycles. The summed E-state index contributed by atoms with van der Waals surface area (Å²) in [4.78, 5) is 13.7. The average molecular weight is 302 g/mol. The number of hydrogen-bond donors (Lipinski definition) is 1. The van der Waals surface area contributed by atoms with Crippen LogP contribution in [0.15, 0.2) is 18.2 Å². The third kappa shape index (κ3) is 3.37. The molecule has 4 nitrogen and oxygen atoms in total. The van der Waals surface area contributed by atoms with E-state index in [1.54, 1.807) is 0 Å². The highest BCUT2D eigenvalue weighted by atomic mass is 16.5. The Morgan fingerprint density at radius 2 is 2.09 bits per heavy atom. The summed E-state index contributed by atoms with van der Waals surface area (Å²) in [6, 6.07) is 6.42. The smallest absolute Gasteiger partial charge is 0.315 e. The summed E-state index contributed by atoms with van der Waals surface area (Å²) in [7, 11) is 0. The van der Waals surface area contributed by atoms with Crippen LogP contribution in [0.25, 0.3) is 0 Å². The van der Waals surface area contributed by atoms with Gasteiger partial charge in [-0.05, 0) is 55.2 Å². The number of fused-ring (bicyclic) bond motifs is 1. The van der Waals surface area contributed by atoms with Crippen LogP contribution in [-0.2, 0) is 12.8 Å². The highest BCUT2D eigenvalue weighted by Crippen LogP contribution is 2.28. The fourth-order valence-corrected chi connectivity index (χ4v) is 3.67. The predicted octanol–water partition coefficient (Wildman–Crippen LogP) is 3.12. The molecule has 120 valence electrons. The first-order valence-electron chi connectivity index (χ1n) is 8.44. The summed E-state index contributed by atoms with van der Waals surface area (Å²) >= 11 is 0. The molecule has 1 fully saturated rings. The maximum Gasteiger partial charge on any atom is 0.315 e. The van der Waals surface area contributed by atoms with E-state index in [2.05, 4.69) is 25.1 Å². The normalized spacial score (nSPS) is 23.7. The highest BCUT2D eigenvalue weighted by molar-refractivity contribution is 5.72. The van der Waals surface area contributed by atoms with Gasteiger partial charge in [0.15, 0.2) is 0 Å². The Morgan fingerprint density at radius 3 is 2.82 bits per heavy atom. The van der Waals surface area contributed by atoms with Gasteiger partial charge in [-0.1, -0.05) is 19.1 Å². The van der Waals surface area contributed by atoms with Crippen molar-refractivity contribution in [1.29, 1.82) is 0 Å². The van der Waals surface area contributed by atoms with Crippen molar-refractivity contribution in [2.75, 3.05) is 13.2 Å². The standard InChI is InChI=1S/C18H26N2O2/c1-13-2-5-16(6-3-13)20(18(19)21)10-8-14-4-7-17-15(12-14)9-11-22-17/h4,7,12-13,16H,2-3,5-6,8-11H2,1H3,(H2,19,21). The molecule has 2 aliphatic rings. The van der Waals surface area contributed by atoms with Gasteiger partial charge >= 0.3 is 6.03 Å². The first-order chi connectivity index (χ1) is 10.6. The number of benzene rings is 1. The number of carbonyl (C=O) groups excluding carboxylic acids is 1. The maximum absolute atomic E-state index is 11.8. The molecule has 1 saturated carbocycles. The molecule has 2 N–H and O–H groups in total. The lowest BCUT2D eigenvalue weighted by atomic mass is 9.86. The van der Waals surface area contributed by atoms with Crippen LogP contribution in [-0.4, -0.2) is 30.1 Å². The Bertz CT molecular complexity index is 536. The van der Waals surface area contributed by atoms with Crippen LogP contribution in [0.1, 0.15) is 43.7 Å². The van der Waals surface area contributed by atoms with Gasteiger partial charge in [-0.25, -0.2) is 4.79 Å². The Morgan fingerprint density at radius 1 is 1.32 bits per heavy atom. The van der Waals surface area contributed by atoms with E-state index in [0.717, 1.165) is 44.0 Å². The predicted molar refractivity (Wildman–Crippen MR) is 87.1 cm³/mol. The Labute approximate surface area is 132 Å². The molecule has 0 aromatic heterocycles. The van der Waals surface area contributed by atoms with Crippen molar-refractivity contribution in [3.8, 4) is 5.75 Å². The molecular weight excluding hydrogens is 276 g/mol. The molecule has 3 rings (SSSR count). The van der Waals surface area contributed by atoms with Gasteiger partial charge in [0, 0.05) is 19.0 Å². The van der Waals surface area contributed by atoms with Crippen molar-refractivity contribution in [3.05, 3.63) is 29.3 Å². The van der Waals surface area contributed by atoms with E-state index in [4.69, 9.17) is 10.5 Å². The minimum atomic E-state index is -0.274. The quantitative estimate of drug-likeness (QED) is 0.929. The molecule has 0 atom stereocenters. The Hall–Kier alpha value is -1.71. The summed E-state index contributed by atoms with van der Waals surface area (Å²) in [5.74, 6) is 1.79. The number of nitrogens with zero attached hydrogens (tertiary/aromatic N) is 1. The minimum absolute atomic E-state index is 0.274. The van der Waals surface area contributed by atoms with Crippen molar-refractivity contribution in [2.45, 2.75) is 51.5 Å². The lowest BCUT2D eigenvalue weighted by Crippen LogP contribution is -2.46. The Balaban J connectivity index is 1.61. The molecule has 1 aromatic rings. The number of amides is 2. The maximum atomic E-state index is 11.8. The average Bonchev–Trinajstić information content (AvgIpc) is 2.96. The molecule has 0 spiro atoms. The van der Waals surface area contributed by atoms with E-state index >= 15 is 0 Å². The third-order valence-electron chi connectivity index (χ3n) is 5.10. The monoisotopic (exact) mass is 302 g/mol. The summed E-state index contributed by atoms with van der Waals surface area (Å²) in [5.41, 5.74) is 8.17. The van der Waals surface area contributed by atoms with Crippen molar-refractivity contribution in [3.63, 3.8) is 0 Å². The van der Waals surface area contributed by atoms with E-state index in [1.807, 2.05) is 4.90 Å². The number of rotatable bonds is 4. The van der Waals surface area contributed by atoms with Gasteiger partial charge < -0.3 is 15.4 Å². The first-order valence-corrected chi connectivity index (χ1v) is 8.44. The van der Waals surface area contributed by atoms with Crippen LogP contribution in [0.3, 0.4) is 0 Å². The van der Waals surface area contributed by atoms with Gasteiger partial charge in [-0.2, -0.15) is 0 Å². The van der Waals surface area contributed by atoms with E-state index in [9.17, 15) is 4.79 Å². The highest BCUT2D eigenvalue weighted by Gasteiger charge is 2.26. The molecule has 22 heavy (non-hydrogen) atoms. The van der Waals surface area contributed by atoms with E-state index in [0.29, 0.717) is 12.6 Å². The van der Waals surface area contributed by atoms with Crippen LogP contribution in [0.4, 0.5) is 4.79 Å². The lowest BCUT2D eigenvalue weighted by Gasteiger charge is -2.35. The number of carbonyl (C=O) groups is 1. The Kier molecular flexibility index (Phi) is 4.55. The SMILES string of the molecule is CC1CCC(N(CCc2ccc3c(c2)CCO3)C(N)=O)CC1. The van der Waals surface area contributed by atoms with Crippen LogP contribution in [0.2, 0.25) is 0 Å². The second-order valence-electron chi connectivity index (χ2n) is 6.74. The molecule has 0 radical (unpaired) electrons. The second kappa shape index (κ2) is 6.59. The summed E-state index contributed by atoms with van der Waals surface area (Å²) < 4.78 is 5.54. The number of urea groups is 1. The zero-order valence-electron chi connectivity index (χ0n) is 13.4. The van der Waals surface area contributed by atoms with Crippen LogP contribution in [0, 0.1) is 5.92 Å². The van der Waals surface area contributed by atoms with Gasteiger partial charge in [0.1, 0.15) is 5.75 Å². The first kappa shape index (κ1) is 15.2. The molecule has 0 unspecified atom stereocenters. The number of nitrogens with two attached hydrogens (primary N) is 1. The van der Waals surface area contributed by atoms with Gasteiger partial charge in [0.05, 0.1) is 6.61 Å². The molecule has 0 saturated heterocycles. The topological polar surface area (TPSA) is 55.6 Å². The van der Waals surface area contributed by atoms with E-state index in [-0.39, 0.29) is 6.03 Å². The van der Waals surface area contributed by atoms with E-state index < -0.39 is 0 Å². The fraction of sp³-hybridized carbons (Fsp3) is 0.611. The van der Waals surface area contributed by atoms with Crippen molar-refractivity contribution >= 4 is 6.03 Å². The number of hydrogen-bond acceptors (Lipinski definition) is 2. The molecule has 1 aliphatic heterocycles. The molecule has 2 amide bonds. The van der Waals surface area contributed by atoms with Gasteiger partial charge in [0.25, 0.3) is 0 Å². The fourth-order valence-electron chi connectivity index (χ4n) is 3.67. The van der Waals surface area contributed by atoms with Crippen LogP contribution < -0.4 is 10.5 Å². The number of primary amides is 1. The van der Waals surface area contributed by atoms with Crippen molar-refractivity contribution < 1.29 is 9.53 Å². The number of ether oxygens (including phenoxy) is 1. The lowest BCUT2D eigenvalue weighted by molar-refractivity contribution is 0.154. The van der Waals surface area contributed by atoms with Gasteiger partial charge in [-0.3, -0.25) is 0 Å². The molecule has 0 bridgehead atoms. The summed E-state index contributed by atoms with van der Waals surface area (Å²) in [6.45, 7) is 3.79. The van der Waals surface area contributed by atoms with Crippen LogP contribution >= 0.6 is 0 Å².